The van der Waals surface area contributed by atoms with E-state index in [-0.39, 0.29) is 6.04 Å². The minimum absolute atomic E-state index is 0.150. The lowest BCUT2D eigenvalue weighted by Crippen LogP contribution is -2.55. The summed E-state index contributed by atoms with van der Waals surface area (Å²) in [5.41, 5.74) is 1.84. The second-order valence-corrected chi connectivity index (χ2v) is 6.96. The lowest BCUT2D eigenvalue weighted by atomic mass is 9.76. The molecular formula is C20H24N2O2. The molecule has 2 bridgehead atoms. The predicted octanol–water partition coefficient (Wildman–Crippen LogP) is 3.32. The molecule has 0 saturated carbocycles. The van der Waals surface area contributed by atoms with Crippen LogP contribution in [-0.2, 0) is 0 Å². The van der Waals surface area contributed by atoms with Crippen LogP contribution in [0, 0.1) is 5.92 Å². The van der Waals surface area contributed by atoms with E-state index in [1.807, 2.05) is 30.3 Å². The highest BCUT2D eigenvalue weighted by atomic mass is 16.5. The number of aliphatic hydroxyl groups excluding tert-OH is 1. The van der Waals surface area contributed by atoms with Crippen molar-refractivity contribution in [3.8, 4) is 5.75 Å². The van der Waals surface area contributed by atoms with Crippen LogP contribution in [0.5, 0.6) is 5.75 Å². The fraction of sp³-hybridized carbons (Fsp3) is 0.450. The first-order valence-corrected chi connectivity index (χ1v) is 8.70. The highest BCUT2D eigenvalue weighted by Gasteiger charge is 2.42. The summed E-state index contributed by atoms with van der Waals surface area (Å²) in [6.45, 7) is 5.04. The van der Waals surface area contributed by atoms with Gasteiger partial charge >= 0.3 is 0 Å². The third-order valence-corrected chi connectivity index (χ3v) is 5.73. The Hall–Kier alpha value is -1.91. The van der Waals surface area contributed by atoms with Crippen LogP contribution in [0.15, 0.2) is 43.1 Å². The van der Waals surface area contributed by atoms with Gasteiger partial charge in [-0.2, -0.15) is 0 Å². The first-order chi connectivity index (χ1) is 11.7. The van der Waals surface area contributed by atoms with Crippen LogP contribution in [0.2, 0.25) is 0 Å². The minimum atomic E-state index is -0.520. The highest BCUT2D eigenvalue weighted by Crippen LogP contribution is 2.42. The Morgan fingerprint density at radius 1 is 1.38 bits per heavy atom. The summed E-state index contributed by atoms with van der Waals surface area (Å²) in [5, 5.41) is 12.2. The number of hydrogen-bond donors (Lipinski definition) is 1. The number of benzene rings is 1. The molecule has 0 amide bonds. The maximum atomic E-state index is 11.2. The Bertz CT molecular complexity index is 760. The van der Waals surface area contributed by atoms with Crippen molar-refractivity contribution in [2.24, 2.45) is 5.92 Å². The SMILES string of the molecule is C=C[C@@H]1C[C@H]2CCN1[C@@H]([C@@H](O)c1ccnc3ccc(OC)cc13)C2. The van der Waals surface area contributed by atoms with E-state index in [2.05, 4.69) is 16.5 Å². The third kappa shape index (κ3) is 2.50. The smallest absolute Gasteiger partial charge is 0.119 e. The molecule has 0 aliphatic carbocycles. The van der Waals surface area contributed by atoms with E-state index in [0.717, 1.165) is 35.2 Å². The van der Waals surface area contributed by atoms with E-state index in [4.69, 9.17) is 4.74 Å². The van der Waals surface area contributed by atoms with Crippen molar-refractivity contribution in [3.05, 3.63) is 48.7 Å². The van der Waals surface area contributed by atoms with Gasteiger partial charge in [-0.25, -0.2) is 0 Å². The van der Waals surface area contributed by atoms with E-state index in [1.54, 1.807) is 13.3 Å². The van der Waals surface area contributed by atoms with E-state index in [9.17, 15) is 5.11 Å². The average Bonchev–Trinajstić information content (AvgIpc) is 2.66. The van der Waals surface area contributed by atoms with Gasteiger partial charge in [0.05, 0.1) is 18.7 Å². The lowest BCUT2D eigenvalue weighted by Gasteiger charge is -2.51. The summed E-state index contributed by atoms with van der Waals surface area (Å²) in [4.78, 5) is 6.86. The first-order valence-electron chi connectivity index (χ1n) is 8.70. The number of rotatable bonds is 4. The molecule has 5 atom stereocenters. The maximum absolute atomic E-state index is 11.2. The molecule has 1 aromatic heterocycles. The molecule has 4 nitrogen and oxygen atoms in total. The zero-order valence-corrected chi connectivity index (χ0v) is 14.1. The van der Waals surface area contributed by atoms with Crippen molar-refractivity contribution in [3.63, 3.8) is 0 Å². The Morgan fingerprint density at radius 2 is 2.25 bits per heavy atom. The molecule has 3 fully saturated rings. The Morgan fingerprint density at radius 3 is 3.00 bits per heavy atom. The molecule has 24 heavy (non-hydrogen) atoms. The first kappa shape index (κ1) is 15.6. The van der Waals surface area contributed by atoms with Crippen molar-refractivity contribution in [2.45, 2.75) is 37.5 Å². The molecule has 3 aliphatic rings. The fourth-order valence-electron chi connectivity index (χ4n) is 4.48. The van der Waals surface area contributed by atoms with Crippen molar-refractivity contribution in [2.75, 3.05) is 13.7 Å². The molecule has 3 saturated heterocycles. The van der Waals surface area contributed by atoms with Gasteiger partial charge in [-0.1, -0.05) is 6.08 Å². The minimum Gasteiger partial charge on any atom is -0.497 e. The number of aromatic nitrogens is 1. The predicted molar refractivity (Wildman–Crippen MR) is 95.1 cm³/mol. The molecule has 1 unspecified atom stereocenters. The molecule has 5 rings (SSSR count). The van der Waals surface area contributed by atoms with Gasteiger partial charge in [0.2, 0.25) is 0 Å². The van der Waals surface area contributed by atoms with Crippen LogP contribution in [0.3, 0.4) is 0 Å². The molecule has 1 N–H and O–H groups in total. The summed E-state index contributed by atoms with van der Waals surface area (Å²) in [7, 11) is 1.66. The van der Waals surface area contributed by atoms with Gasteiger partial charge in [-0.3, -0.25) is 9.88 Å². The molecule has 126 valence electrons. The van der Waals surface area contributed by atoms with Crippen LogP contribution >= 0.6 is 0 Å². The fourth-order valence-corrected chi connectivity index (χ4v) is 4.48. The van der Waals surface area contributed by atoms with Crippen molar-refractivity contribution in [1.82, 2.24) is 9.88 Å². The van der Waals surface area contributed by atoms with Gasteiger partial charge in [0, 0.05) is 23.7 Å². The lowest BCUT2D eigenvalue weighted by molar-refractivity contribution is -0.0473. The number of aliphatic hydroxyl groups is 1. The zero-order chi connectivity index (χ0) is 16.7. The van der Waals surface area contributed by atoms with E-state index in [1.165, 1.54) is 12.8 Å². The van der Waals surface area contributed by atoms with E-state index < -0.39 is 6.10 Å². The summed E-state index contributed by atoms with van der Waals surface area (Å²) in [6.07, 6.45) is 6.77. The van der Waals surface area contributed by atoms with E-state index >= 15 is 0 Å². The molecule has 1 aromatic carbocycles. The number of piperidine rings is 3. The summed E-state index contributed by atoms with van der Waals surface area (Å²) in [6, 6.07) is 8.31. The van der Waals surface area contributed by atoms with E-state index in [0.29, 0.717) is 12.0 Å². The zero-order valence-electron chi connectivity index (χ0n) is 14.1. The van der Waals surface area contributed by atoms with Crippen LogP contribution < -0.4 is 4.74 Å². The molecule has 4 heteroatoms. The van der Waals surface area contributed by atoms with Crippen LogP contribution in [0.4, 0.5) is 0 Å². The van der Waals surface area contributed by atoms with Crippen molar-refractivity contribution < 1.29 is 9.84 Å². The second kappa shape index (κ2) is 6.19. The van der Waals surface area contributed by atoms with Gasteiger partial charge < -0.3 is 9.84 Å². The molecule has 0 radical (unpaired) electrons. The number of ether oxygens (including phenoxy) is 1. The Kier molecular flexibility index (Phi) is 4.02. The number of fused-ring (bicyclic) bond motifs is 4. The van der Waals surface area contributed by atoms with Crippen molar-refractivity contribution >= 4 is 10.9 Å². The second-order valence-electron chi connectivity index (χ2n) is 6.96. The Balaban J connectivity index is 1.73. The Labute approximate surface area is 142 Å². The largest absolute Gasteiger partial charge is 0.497 e. The summed E-state index contributed by atoms with van der Waals surface area (Å²) < 4.78 is 5.35. The topological polar surface area (TPSA) is 45.6 Å². The number of hydrogen-bond acceptors (Lipinski definition) is 4. The summed E-state index contributed by atoms with van der Waals surface area (Å²) >= 11 is 0. The van der Waals surface area contributed by atoms with Crippen LogP contribution in [0.25, 0.3) is 10.9 Å². The average molecular weight is 324 g/mol. The monoisotopic (exact) mass is 324 g/mol. The van der Waals surface area contributed by atoms with Gasteiger partial charge in [0.15, 0.2) is 0 Å². The summed E-state index contributed by atoms with van der Waals surface area (Å²) in [5.74, 6) is 1.48. The van der Waals surface area contributed by atoms with Crippen LogP contribution in [0.1, 0.15) is 30.9 Å². The van der Waals surface area contributed by atoms with Gasteiger partial charge in [-0.15, -0.1) is 6.58 Å². The standard InChI is InChI=1S/C20H24N2O2/c1-3-14-10-13-7-9-22(14)19(11-13)20(23)16-6-8-21-18-5-4-15(24-2)12-17(16)18/h3-6,8,12-14,19-20,23H,1,7,9-11H2,2H3/t13-,14-,19-,20+/m1/s1. The number of methoxy groups -OCH3 is 1. The highest BCUT2D eigenvalue weighted by molar-refractivity contribution is 5.83. The van der Waals surface area contributed by atoms with Gasteiger partial charge in [-0.05, 0) is 61.6 Å². The van der Waals surface area contributed by atoms with Gasteiger partial charge in [0.1, 0.15) is 5.75 Å². The molecule has 3 aliphatic heterocycles. The molecule has 4 heterocycles. The van der Waals surface area contributed by atoms with Gasteiger partial charge in [0.25, 0.3) is 0 Å². The number of pyridine rings is 1. The van der Waals surface area contributed by atoms with Crippen LogP contribution in [-0.4, -0.2) is 40.7 Å². The third-order valence-electron chi connectivity index (χ3n) is 5.73. The van der Waals surface area contributed by atoms with Crippen molar-refractivity contribution in [1.29, 1.82) is 0 Å². The molecular weight excluding hydrogens is 300 g/mol. The maximum Gasteiger partial charge on any atom is 0.119 e. The molecule has 0 spiro atoms. The molecule has 2 aromatic rings. The number of nitrogens with zero attached hydrogens (tertiary/aromatic N) is 2. The quantitative estimate of drug-likeness (QED) is 0.877. The normalized spacial score (nSPS) is 30.2.